The lowest BCUT2D eigenvalue weighted by molar-refractivity contribution is 0.0713. The van der Waals surface area contributed by atoms with Crippen LogP contribution in [0.4, 0.5) is 0 Å². The Kier molecular flexibility index (Phi) is 3.74. The summed E-state index contributed by atoms with van der Waals surface area (Å²) >= 11 is 0. The second-order valence-electron chi connectivity index (χ2n) is 4.60. The maximum atomic E-state index is 11.9. The Bertz CT molecular complexity index is 406. The van der Waals surface area contributed by atoms with Gasteiger partial charge in [-0.2, -0.15) is 0 Å². The predicted molar refractivity (Wildman–Crippen MR) is 64.7 cm³/mol. The van der Waals surface area contributed by atoms with Gasteiger partial charge in [0.05, 0.1) is 12.1 Å². The van der Waals surface area contributed by atoms with Gasteiger partial charge in [-0.15, -0.1) is 0 Å². The summed E-state index contributed by atoms with van der Waals surface area (Å²) in [4.78, 5) is 16.1. The van der Waals surface area contributed by atoms with E-state index in [4.69, 9.17) is 0 Å². The topological polar surface area (TPSA) is 62.2 Å². The number of nitrogens with zero attached hydrogens (tertiary/aromatic N) is 1. The number of hydrogen-bond acceptors (Lipinski definition) is 3. The molecule has 1 aromatic rings. The quantitative estimate of drug-likeness (QED) is 0.813. The third-order valence-electron chi connectivity index (χ3n) is 3.17. The Morgan fingerprint density at radius 1 is 1.41 bits per heavy atom. The molecule has 1 aromatic heterocycles. The molecule has 2 N–H and O–H groups in total. The zero-order chi connectivity index (χ0) is 12.3. The summed E-state index contributed by atoms with van der Waals surface area (Å²) in [6, 6.07) is 5.23. The molecule has 4 nitrogen and oxygen atoms in total. The van der Waals surface area contributed by atoms with Crippen molar-refractivity contribution in [2.75, 3.05) is 0 Å². The molecule has 0 aliphatic heterocycles. The summed E-state index contributed by atoms with van der Waals surface area (Å²) in [7, 11) is 0. The largest absolute Gasteiger partial charge is 0.391 e. The van der Waals surface area contributed by atoms with E-state index >= 15 is 0 Å². The number of carbonyl (C=O) groups is 1. The van der Waals surface area contributed by atoms with Crippen molar-refractivity contribution in [2.24, 2.45) is 0 Å². The fourth-order valence-electron chi connectivity index (χ4n) is 2.19. The van der Waals surface area contributed by atoms with E-state index in [1.54, 1.807) is 6.07 Å². The lowest BCUT2D eigenvalue weighted by Gasteiger charge is -2.28. The summed E-state index contributed by atoms with van der Waals surface area (Å²) in [5.74, 6) is -0.195. The number of aromatic nitrogens is 1. The first kappa shape index (κ1) is 12.0. The van der Waals surface area contributed by atoms with E-state index in [9.17, 15) is 9.90 Å². The number of aliphatic hydroxyl groups is 1. The minimum absolute atomic E-state index is 0.126. The SMILES string of the molecule is Cc1cccc(C(=O)NC2CCCCC2O)n1. The van der Waals surface area contributed by atoms with E-state index < -0.39 is 6.10 Å². The van der Waals surface area contributed by atoms with Crippen LogP contribution in [0.15, 0.2) is 18.2 Å². The standard InChI is InChI=1S/C13H18N2O2/c1-9-5-4-7-11(14-9)13(17)15-10-6-2-3-8-12(10)16/h4-5,7,10,12,16H,2-3,6,8H2,1H3,(H,15,17). The van der Waals surface area contributed by atoms with Gasteiger partial charge in [0.2, 0.25) is 0 Å². The summed E-state index contributed by atoms with van der Waals surface area (Å²) in [6.45, 7) is 1.85. The highest BCUT2D eigenvalue weighted by molar-refractivity contribution is 5.92. The molecular formula is C13H18N2O2. The maximum Gasteiger partial charge on any atom is 0.270 e. The lowest BCUT2D eigenvalue weighted by Crippen LogP contribution is -2.45. The Labute approximate surface area is 101 Å². The van der Waals surface area contributed by atoms with E-state index in [-0.39, 0.29) is 11.9 Å². The Morgan fingerprint density at radius 2 is 2.18 bits per heavy atom. The van der Waals surface area contributed by atoms with E-state index in [0.717, 1.165) is 31.4 Å². The van der Waals surface area contributed by atoms with Gasteiger partial charge in [0.1, 0.15) is 5.69 Å². The van der Waals surface area contributed by atoms with E-state index in [1.807, 2.05) is 19.1 Å². The first-order valence-electron chi connectivity index (χ1n) is 6.09. The highest BCUT2D eigenvalue weighted by Crippen LogP contribution is 2.18. The lowest BCUT2D eigenvalue weighted by atomic mass is 9.92. The molecule has 2 unspecified atom stereocenters. The molecule has 0 radical (unpaired) electrons. The van der Waals surface area contributed by atoms with Crippen LogP contribution >= 0.6 is 0 Å². The van der Waals surface area contributed by atoms with Crippen LogP contribution in [0.2, 0.25) is 0 Å². The molecule has 1 fully saturated rings. The third kappa shape index (κ3) is 3.03. The molecule has 0 aromatic carbocycles. The van der Waals surface area contributed by atoms with Crippen LogP contribution in [0.25, 0.3) is 0 Å². The molecule has 0 saturated heterocycles. The maximum absolute atomic E-state index is 11.9. The van der Waals surface area contributed by atoms with Crippen molar-refractivity contribution in [3.05, 3.63) is 29.6 Å². The normalized spacial score (nSPS) is 24.4. The summed E-state index contributed by atoms with van der Waals surface area (Å²) in [6.07, 6.45) is 3.29. The molecular weight excluding hydrogens is 216 g/mol. The van der Waals surface area contributed by atoms with Crippen molar-refractivity contribution in [3.8, 4) is 0 Å². The Balaban J connectivity index is 2.01. The number of aliphatic hydroxyl groups excluding tert-OH is 1. The molecule has 1 saturated carbocycles. The van der Waals surface area contributed by atoms with Crippen LogP contribution in [-0.4, -0.2) is 28.1 Å². The van der Waals surface area contributed by atoms with Gasteiger partial charge in [-0.05, 0) is 31.9 Å². The number of nitrogens with one attached hydrogen (secondary N) is 1. The molecule has 1 aliphatic carbocycles. The Morgan fingerprint density at radius 3 is 2.88 bits per heavy atom. The minimum Gasteiger partial charge on any atom is -0.391 e. The molecule has 0 bridgehead atoms. The van der Waals surface area contributed by atoms with Gasteiger partial charge in [-0.25, -0.2) is 4.98 Å². The third-order valence-corrected chi connectivity index (χ3v) is 3.17. The van der Waals surface area contributed by atoms with Gasteiger partial charge in [-0.1, -0.05) is 18.9 Å². The summed E-state index contributed by atoms with van der Waals surface area (Å²) < 4.78 is 0. The Hall–Kier alpha value is -1.42. The average Bonchev–Trinajstić information content (AvgIpc) is 2.32. The van der Waals surface area contributed by atoms with Crippen LogP contribution in [0.3, 0.4) is 0 Å². The molecule has 4 heteroatoms. The van der Waals surface area contributed by atoms with Crippen LogP contribution in [0.1, 0.15) is 41.9 Å². The van der Waals surface area contributed by atoms with Gasteiger partial charge in [-0.3, -0.25) is 4.79 Å². The fourth-order valence-corrected chi connectivity index (χ4v) is 2.19. The molecule has 0 spiro atoms. The smallest absolute Gasteiger partial charge is 0.270 e. The second kappa shape index (κ2) is 5.27. The van der Waals surface area contributed by atoms with Crippen molar-refractivity contribution < 1.29 is 9.90 Å². The number of carbonyl (C=O) groups excluding carboxylic acids is 1. The number of hydrogen-bond donors (Lipinski definition) is 2. The van der Waals surface area contributed by atoms with E-state index in [0.29, 0.717) is 5.69 Å². The molecule has 1 heterocycles. The van der Waals surface area contributed by atoms with Crippen LogP contribution < -0.4 is 5.32 Å². The van der Waals surface area contributed by atoms with Gasteiger partial charge in [0.15, 0.2) is 0 Å². The van der Waals surface area contributed by atoms with Crippen molar-refractivity contribution in [2.45, 2.75) is 44.8 Å². The van der Waals surface area contributed by atoms with Gasteiger partial charge in [0, 0.05) is 5.69 Å². The minimum atomic E-state index is -0.419. The molecule has 2 rings (SSSR count). The predicted octanol–water partition coefficient (Wildman–Crippen LogP) is 1.42. The van der Waals surface area contributed by atoms with Gasteiger partial charge >= 0.3 is 0 Å². The summed E-state index contributed by atoms with van der Waals surface area (Å²) in [5.41, 5.74) is 1.24. The molecule has 1 aliphatic rings. The van der Waals surface area contributed by atoms with E-state index in [1.165, 1.54) is 0 Å². The molecule has 2 atom stereocenters. The van der Waals surface area contributed by atoms with Gasteiger partial charge in [0.25, 0.3) is 5.91 Å². The molecule has 17 heavy (non-hydrogen) atoms. The van der Waals surface area contributed by atoms with Crippen molar-refractivity contribution >= 4 is 5.91 Å². The second-order valence-corrected chi connectivity index (χ2v) is 4.60. The number of pyridine rings is 1. The monoisotopic (exact) mass is 234 g/mol. The van der Waals surface area contributed by atoms with Gasteiger partial charge < -0.3 is 10.4 Å². The van der Waals surface area contributed by atoms with E-state index in [2.05, 4.69) is 10.3 Å². The first-order valence-corrected chi connectivity index (χ1v) is 6.09. The van der Waals surface area contributed by atoms with Crippen LogP contribution in [0.5, 0.6) is 0 Å². The fraction of sp³-hybridized carbons (Fsp3) is 0.538. The average molecular weight is 234 g/mol. The van der Waals surface area contributed by atoms with Crippen molar-refractivity contribution in [1.82, 2.24) is 10.3 Å². The summed E-state index contributed by atoms with van der Waals surface area (Å²) in [5, 5.41) is 12.6. The van der Waals surface area contributed by atoms with Crippen LogP contribution in [-0.2, 0) is 0 Å². The number of rotatable bonds is 2. The molecule has 1 amide bonds. The van der Waals surface area contributed by atoms with Crippen molar-refractivity contribution in [3.63, 3.8) is 0 Å². The first-order chi connectivity index (χ1) is 8.16. The zero-order valence-corrected chi connectivity index (χ0v) is 10.0. The van der Waals surface area contributed by atoms with Crippen molar-refractivity contribution in [1.29, 1.82) is 0 Å². The highest BCUT2D eigenvalue weighted by Gasteiger charge is 2.25. The zero-order valence-electron chi connectivity index (χ0n) is 10.0. The highest BCUT2D eigenvalue weighted by atomic mass is 16.3. The molecule has 92 valence electrons. The van der Waals surface area contributed by atoms with Crippen LogP contribution in [0, 0.1) is 6.92 Å². The number of amides is 1. The number of aryl methyl sites for hydroxylation is 1.